The Morgan fingerprint density at radius 1 is 1.15 bits per heavy atom. The van der Waals surface area contributed by atoms with Crippen molar-refractivity contribution in [3.63, 3.8) is 0 Å². The summed E-state index contributed by atoms with van der Waals surface area (Å²) < 4.78 is 0. The highest BCUT2D eigenvalue weighted by atomic mass is 32.1. The van der Waals surface area contributed by atoms with E-state index in [-0.39, 0.29) is 0 Å². The van der Waals surface area contributed by atoms with Gasteiger partial charge in [-0.05, 0) is 12.2 Å². The molecular formula is C8H5N3S2. The van der Waals surface area contributed by atoms with Gasteiger partial charge in [0.2, 0.25) is 0 Å². The summed E-state index contributed by atoms with van der Waals surface area (Å²) >= 11 is 10.0. The zero-order valence-electron chi connectivity index (χ0n) is 6.52. The third-order valence-corrected chi connectivity index (χ3v) is 2.48. The first-order valence-electron chi connectivity index (χ1n) is 3.61. The van der Waals surface area contributed by atoms with Crippen LogP contribution in [0.25, 0.3) is 5.57 Å². The Bertz CT molecular complexity index is 415. The topological polar surface area (TPSA) is 41.6 Å². The van der Waals surface area contributed by atoms with Gasteiger partial charge in [0.15, 0.2) is 0 Å². The van der Waals surface area contributed by atoms with Crippen LogP contribution in [0, 0.1) is 0 Å². The molecule has 5 heteroatoms. The standard InChI is InChI=1S/C8H5N3S2/c12-7-2-1-5(3-8(7)13)6-4-9-11-10-6/h1-4H,(H,9,10,11). The van der Waals surface area contributed by atoms with Crippen molar-refractivity contribution in [2.75, 3.05) is 0 Å². The molecular weight excluding hydrogens is 202 g/mol. The first kappa shape index (κ1) is 8.40. The van der Waals surface area contributed by atoms with Crippen LogP contribution in [0.2, 0.25) is 0 Å². The number of hydrogen-bond acceptors (Lipinski definition) is 4. The largest absolute Gasteiger partial charge is 0.197 e. The highest BCUT2D eigenvalue weighted by Crippen LogP contribution is 2.16. The van der Waals surface area contributed by atoms with Crippen molar-refractivity contribution < 1.29 is 0 Å². The van der Waals surface area contributed by atoms with Crippen LogP contribution < -0.4 is 0 Å². The van der Waals surface area contributed by atoms with E-state index in [2.05, 4.69) is 15.4 Å². The van der Waals surface area contributed by atoms with E-state index < -0.39 is 0 Å². The van der Waals surface area contributed by atoms with Crippen molar-refractivity contribution >= 4 is 39.7 Å². The molecule has 0 aliphatic heterocycles. The molecule has 0 aromatic carbocycles. The smallest absolute Gasteiger partial charge is 0.112 e. The average molecular weight is 207 g/mol. The number of nitrogens with zero attached hydrogens (tertiary/aromatic N) is 2. The minimum absolute atomic E-state index is 0.676. The van der Waals surface area contributed by atoms with E-state index in [1.54, 1.807) is 6.20 Å². The normalized spacial score (nSPS) is 16.2. The van der Waals surface area contributed by atoms with E-state index in [1.807, 2.05) is 18.2 Å². The lowest BCUT2D eigenvalue weighted by Crippen LogP contribution is -2.06. The average Bonchev–Trinajstić information content (AvgIpc) is 2.62. The molecule has 0 atom stereocenters. The maximum Gasteiger partial charge on any atom is 0.112 e. The number of aromatic amines is 1. The Morgan fingerprint density at radius 2 is 2.00 bits per heavy atom. The van der Waals surface area contributed by atoms with Gasteiger partial charge in [-0.15, -0.1) is 0 Å². The molecule has 1 aromatic heterocycles. The third-order valence-electron chi connectivity index (χ3n) is 1.65. The summed E-state index contributed by atoms with van der Waals surface area (Å²) in [5.74, 6) is 0. The molecule has 0 bridgehead atoms. The van der Waals surface area contributed by atoms with Crippen LogP contribution >= 0.6 is 24.4 Å². The molecule has 1 aliphatic carbocycles. The van der Waals surface area contributed by atoms with Gasteiger partial charge in [0.25, 0.3) is 0 Å². The highest BCUT2D eigenvalue weighted by molar-refractivity contribution is 7.90. The Kier molecular flexibility index (Phi) is 2.12. The van der Waals surface area contributed by atoms with Crippen LogP contribution in [0.5, 0.6) is 0 Å². The maximum atomic E-state index is 5.05. The highest BCUT2D eigenvalue weighted by Gasteiger charge is 2.09. The summed E-state index contributed by atoms with van der Waals surface area (Å²) in [7, 11) is 0. The molecule has 1 heterocycles. The zero-order valence-corrected chi connectivity index (χ0v) is 8.15. The van der Waals surface area contributed by atoms with E-state index in [4.69, 9.17) is 24.4 Å². The van der Waals surface area contributed by atoms with Crippen molar-refractivity contribution in [1.82, 2.24) is 15.4 Å². The van der Waals surface area contributed by atoms with E-state index in [0.29, 0.717) is 9.73 Å². The molecule has 0 amide bonds. The monoisotopic (exact) mass is 207 g/mol. The SMILES string of the molecule is S=C1C=CC(c2cn[nH]n2)=CC1=S. The minimum atomic E-state index is 0.676. The van der Waals surface area contributed by atoms with Gasteiger partial charge in [-0.2, -0.15) is 15.4 Å². The van der Waals surface area contributed by atoms with E-state index in [9.17, 15) is 0 Å². The van der Waals surface area contributed by atoms with Gasteiger partial charge in [0.05, 0.1) is 15.9 Å². The molecule has 13 heavy (non-hydrogen) atoms. The van der Waals surface area contributed by atoms with E-state index >= 15 is 0 Å². The van der Waals surface area contributed by atoms with Gasteiger partial charge in [-0.3, -0.25) is 0 Å². The van der Waals surface area contributed by atoms with Gasteiger partial charge in [-0.1, -0.05) is 30.5 Å². The summed E-state index contributed by atoms with van der Waals surface area (Å²) in [6, 6.07) is 0. The summed E-state index contributed by atoms with van der Waals surface area (Å²) in [5.41, 5.74) is 1.72. The molecule has 1 aromatic rings. The summed E-state index contributed by atoms with van der Waals surface area (Å²) in [4.78, 5) is 1.37. The first-order valence-corrected chi connectivity index (χ1v) is 4.43. The molecule has 0 saturated heterocycles. The van der Waals surface area contributed by atoms with Crippen LogP contribution in [-0.2, 0) is 0 Å². The second kappa shape index (κ2) is 3.27. The first-order chi connectivity index (χ1) is 6.27. The molecule has 0 saturated carbocycles. The van der Waals surface area contributed by atoms with Crippen molar-refractivity contribution in [3.8, 4) is 0 Å². The van der Waals surface area contributed by atoms with Crippen molar-refractivity contribution in [2.45, 2.75) is 0 Å². The lowest BCUT2D eigenvalue weighted by atomic mass is 10.0. The van der Waals surface area contributed by atoms with E-state index in [0.717, 1.165) is 11.3 Å². The molecule has 2 rings (SSSR count). The van der Waals surface area contributed by atoms with Gasteiger partial charge < -0.3 is 0 Å². The van der Waals surface area contributed by atoms with Crippen molar-refractivity contribution in [3.05, 3.63) is 30.1 Å². The number of allylic oxidation sites excluding steroid dienone is 4. The third kappa shape index (κ3) is 1.61. The van der Waals surface area contributed by atoms with Crippen LogP contribution in [0.1, 0.15) is 5.69 Å². The Hall–Kier alpha value is -1.20. The molecule has 0 fully saturated rings. The number of hydrogen-bond donors (Lipinski definition) is 1. The van der Waals surface area contributed by atoms with Crippen LogP contribution in [0.3, 0.4) is 0 Å². The predicted molar refractivity (Wildman–Crippen MR) is 58.7 cm³/mol. The lowest BCUT2D eigenvalue weighted by Gasteiger charge is -2.04. The fraction of sp³-hybridized carbons (Fsp3) is 0. The Morgan fingerprint density at radius 3 is 2.62 bits per heavy atom. The molecule has 0 radical (unpaired) electrons. The van der Waals surface area contributed by atoms with Crippen LogP contribution in [-0.4, -0.2) is 25.1 Å². The zero-order chi connectivity index (χ0) is 9.26. The van der Waals surface area contributed by atoms with Gasteiger partial charge in [-0.25, -0.2) is 0 Å². The summed E-state index contributed by atoms with van der Waals surface area (Å²) in [6.07, 6.45) is 7.17. The lowest BCUT2D eigenvalue weighted by molar-refractivity contribution is 0.936. The van der Waals surface area contributed by atoms with Gasteiger partial charge >= 0.3 is 0 Å². The maximum absolute atomic E-state index is 5.05. The Labute approximate surface area is 85.5 Å². The molecule has 0 spiro atoms. The number of thiocarbonyl (C=S) groups is 2. The second-order valence-corrected chi connectivity index (χ2v) is 3.40. The second-order valence-electron chi connectivity index (χ2n) is 2.52. The number of H-pyrrole nitrogens is 1. The molecule has 64 valence electrons. The Balaban J connectivity index is 2.38. The fourth-order valence-corrected chi connectivity index (χ4v) is 1.33. The quantitative estimate of drug-likeness (QED) is 0.709. The van der Waals surface area contributed by atoms with Crippen LogP contribution in [0.15, 0.2) is 24.4 Å². The van der Waals surface area contributed by atoms with Gasteiger partial charge in [0.1, 0.15) is 5.69 Å². The molecule has 0 unspecified atom stereocenters. The van der Waals surface area contributed by atoms with Gasteiger partial charge in [0, 0.05) is 5.57 Å². The van der Waals surface area contributed by atoms with Crippen LogP contribution in [0.4, 0.5) is 0 Å². The predicted octanol–water partition coefficient (Wildman–Crippen LogP) is 1.50. The van der Waals surface area contributed by atoms with Crippen molar-refractivity contribution in [2.24, 2.45) is 0 Å². The number of nitrogens with one attached hydrogen (secondary N) is 1. The minimum Gasteiger partial charge on any atom is -0.197 e. The summed E-state index contributed by atoms with van der Waals surface area (Å²) in [6.45, 7) is 0. The molecule has 1 aliphatic rings. The van der Waals surface area contributed by atoms with Crippen molar-refractivity contribution in [1.29, 1.82) is 0 Å². The molecule has 1 N–H and O–H groups in total. The fourth-order valence-electron chi connectivity index (χ4n) is 1.01. The van der Waals surface area contributed by atoms with E-state index in [1.165, 1.54) is 0 Å². The summed E-state index contributed by atoms with van der Waals surface area (Å²) in [5, 5.41) is 10.2. The number of rotatable bonds is 1. The molecule has 3 nitrogen and oxygen atoms in total. The number of aromatic nitrogens is 3.